The lowest BCUT2D eigenvalue weighted by atomic mass is 10.3. The SMILES string of the molecule is CN=C(NCCOc1cccc(F)c1)NC1CCN(c2ccccc2)C1.I. The van der Waals surface area contributed by atoms with E-state index in [1.807, 2.05) is 6.07 Å². The zero-order valence-corrected chi connectivity index (χ0v) is 17.7. The van der Waals surface area contributed by atoms with Crippen molar-refractivity contribution in [3.63, 3.8) is 0 Å². The summed E-state index contributed by atoms with van der Waals surface area (Å²) >= 11 is 0. The lowest BCUT2D eigenvalue weighted by Gasteiger charge is -2.20. The van der Waals surface area contributed by atoms with E-state index in [9.17, 15) is 4.39 Å². The van der Waals surface area contributed by atoms with Crippen molar-refractivity contribution < 1.29 is 9.13 Å². The first-order valence-electron chi connectivity index (χ1n) is 8.90. The van der Waals surface area contributed by atoms with Crippen LogP contribution in [0.1, 0.15) is 6.42 Å². The standard InChI is InChI=1S/C20H25FN4O.HI/c1-22-20(23-11-13-26-19-9-5-6-16(21)14-19)24-17-10-12-25(15-17)18-7-3-2-4-8-18;/h2-9,14,17H,10-13,15H2,1H3,(H2,22,23,24);1H. The number of nitrogens with one attached hydrogen (secondary N) is 2. The van der Waals surface area contributed by atoms with Crippen LogP contribution in [-0.4, -0.2) is 45.3 Å². The summed E-state index contributed by atoms with van der Waals surface area (Å²) in [6, 6.07) is 17.0. The van der Waals surface area contributed by atoms with Gasteiger partial charge in [0.2, 0.25) is 0 Å². The van der Waals surface area contributed by atoms with Crippen LogP contribution in [-0.2, 0) is 0 Å². The summed E-state index contributed by atoms with van der Waals surface area (Å²) in [6.45, 7) is 3.00. The van der Waals surface area contributed by atoms with E-state index in [1.165, 1.54) is 17.8 Å². The molecule has 146 valence electrons. The lowest BCUT2D eigenvalue weighted by Crippen LogP contribution is -2.45. The van der Waals surface area contributed by atoms with Crippen molar-refractivity contribution in [1.29, 1.82) is 0 Å². The number of ether oxygens (including phenoxy) is 1. The summed E-state index contributed by atoms with van der Waals surface area (Å²) in [5, 5.41) is 6.69. The van der Waals surface area contributed by atoms with Crippen molar-refractivity contribution in [3.8, 4) is 5.75 Å². The van der Waals surface area contributed by atoms with Gasteiger partial charge < -0.3 is 20.3 Å². The predicted molar refractivity (Wildman–Crippen MR) is 119 cm³/mol. The van der Waals surface area contributed by atoms with Crippen molar-refractivity contribution in [2.24, 2.45) is 4.99 Å². The van der Waals surface area contributed by atoms with Gasteiger partial charge in [-0.1, -0.05) is 24.3 Å². The molecule has 0 bridgehead atoms. The number of rotatable bonds is 6. The molecule has 1 aliphatic heterocycles. The Labute approximate surface area is 177 Å². The van der Waals surface area contributed by atoms with Crippen LogP contribution in [0.4, 0.5) is 10.1 Å². The minimum atomic E-state index is -0.294. The van der Waals surface area contributed by atoms with E-state index in [0.29, 0.717) is 24.9 Å². The van der Waals surface area contributed by atoms with Crippen LogP contribution in [0, 0.1) is 5.82 Å². The Morgan fingerprint density at radius 1 is 1.22 bits per heavy atom. The van der Waals surface area contributed by atoms with Crippen LogP contribution < -0.4 is 20.3 Å². The third kappa shape index (κ3) is 6.57. The average molecular weight is 484 g/mol. The molecule has 0 aromatic heterocycles. The maximum Gasteiger partial charge on any atom is 0.191 e. The molecule has 7 heteroatoms. The first-order valence-corrected chi connectivity index (χ1v) is 8.90. The van der Waals surface area contributed by atoms with Gasteiger partial charge in [-0.2, -0.15) is 0 Å². The fraction of sp³-hybridized carbons (Fsp3) is 0.350. The van der Waals surface area contributed by atoms with Crippen molar-refractivity contribution in [1.82, 2.24) is 10.6 Å². The topological polar surface area (TPSA) is 48.9 Å². The molecular formula is C20H26FIN4O. The van der Waals surface area contributed by atoms with Gasteiger partial charge in [0, 0.05) is 37.9 Å². The normalized spacial score (nSPS) is 16.6. The fourth-order valence-electron chi connectivity index (χ4n) is 3.03. The largest absolute Gasteiger partial charge is 0.492 e. The first kappa shape index (κ1) is 21.3. The maximum absolute atomic E-state index is 13.1. The van der Waals surface area contributed by atoms with Crippen LogP contribution >= 0.6 is 24.0 Å². The van der Waals surface area contributed by atoms with Gasteiger partial charge in [0.05, 0.1) is 6.54 Å². The predicted octanol–water partition coefficient (Wildman–Crippen LogP) is 3.27. The van der Waals surface area contributed by atoms with E-state index in [4.69, 9.17) is 4.74 Å². The number of halogens is 2. The van der Waals surface area contributed by atoms with Gasteiger partial charge in [0.15, 0.2) is 5.96 Å². The van der Waals surface area contributed by atoms with E-state index in [2.05, 4.69) is 44.8 Å². The molecule has 2 aromatic carbocycles. The van der Waals surface area contributed by atoms with Gasteiger partial charge in [-0.3, -0.25) is 4.99 Å². The molecule has 1 heterocycles. The second-order valence-electron chi connectivity index (χ2n) is 6.22. The van der Waals surface area contributed by atoms with Crippen LogP contribution in [0.15, 0.2) is 59.6 Å². The Kier molecular flexibility index (Phi) is 8.63. The smallest absolute Gasteiger partial charge is 0.191 e. The number of guanidine groups is 1. The van der Waals surface area contributed by atoms with E-state index < -0.39 is 0 Å². The molecule has 0 saturated carbocycles. The minimum absolute atomic E-state index is 0. The third-order valence-corrected chi connectivity index (χ3v) is 4.33. The number of benzene rings is 2. The van der Waals surface area contributed by atoms with E-state index in [0.717, 1.165) is 25.5 Å². The molecule has 3 rings (SSSR count). The second kappa shape index (κ2) is 11.0. The molecule has 2 aromatic rings. The number of hydrogen-bond acceptors (Lipinski definition) is 3. The van der Waals surface area contributed by atoms with Gasteiger partial charge in [-0.15, -0.1) is 24.0 Å². The number of nitrogens with zero attached hydrogens (tertiary/aromatic N) is 2. The summed E-state index contributed by atoms with van der Waals surface area (Å²) in [6.07, 6.45) is 1.06. The van der Waals surface area contributed by atoms with E-state index in [1.54, 1.807) is 19.2 Å². The highest BCUT2D eigenvalue weighted by Gasteiger charge is 2.23. The zero-order valence-electron chi connectivity index (χ0n) is 15.4. The Hall–Kier alpha value is -2.03. The summed E-state index contributed by atoms with van der Waals surface area (Å²) in [4.78, 5) is 6.64. The molecular weight excluding hydrogens is 458 g/mol. The zero-order chi connectivity index (χ0) is 18.2. The summed E-state index contributed by atoms with van der Waals surface area (Å²) < 4.78 is 18.6. The number of para-hydroxylation sites is 1. The monoisotopic (exact) mass is 484 g/mol. The molecule has 2 N–H and O–H groups in total. The molecule has 1 atom stereocenters. The van der Waals surface area contributed by atoms with Gasteiger partial charge in [-0.05, 0) is 30.7 Å². The van der Waals surface area contributed by atoms with Gasteiger partial charge in [0.25, 0.3) is 0 Å². The molecule has 5 nitrogen and oxygen atoms in total. The molecule has 27 heavy (non-hydrogen) atoms. The van der Waals surface area contributed by atoms with Crippen molar-refractivity contribution >= 4 is 35.6 Å². The van der Waals surface area contributed by atoms with Crippen molar-refractivity contribution in [2.45, 2.75) is 12.5 Å². The number of hydrogen-bond donors (Lipinski definition) is 2. The molecule has 0 amide bonds. The van der Waals surface area contributed by atoms with Crippen LogP contribution in [0.25, 0.3) is 0 Å². The first-order chi connectivity index (χ1) is 12.7. The lowest BCUT2D eigenvalue weighted by molar-refractivity contribution is 0.320. The maximum atomic E-state index is 13.1. The Morgan fingerprint density at radius 3 is 2.78 bits per heavy atom. The van der Waals surface area contributed by atoms with E-state index >= 15 is 0 Å². The Bertz CT molecular complexity index is 729. The van der Waals surface area contributed by atoms with Gasteiger partial charge >= 0.3 is 0 Å². The highest BCUT2D eigenvalue weighted by atomic mass is 127. The quantitative estimate of drug-likeness (QED) is 0.286. The highest BCUT2D eigenvalue weighted by Crippen LogP contribution is 2.19. The third-order valence-electron chi connectivity index (χ3n) is 4.33. The minimum Gasteiger partial charge on any atom is -0.492 e. The number of anilines is 1. The van der Waals surface area contributed by atoms with Gasteiger partial charge in [-0.25, -0.2) is 4.39 Å². The van der Waals surface area contributed by atoms with Crippen molar-refractivity contribution in [3.05, 3.63) is 60.4 Å². The summed E-state index contributed by atoms with van der Waals surface area (Å²) in [5.74, 6) is 0.994. The molecule has 0 spiro atoms. The number of aliphatic imine (C=N–C) groups is 1. The second-order valence-corrected chi connectivity index (χ2v) is 6.22. The van der Waals surface area contributed by atoms with Crippen LogP contribution in [0.5, 0.6) is 5.75 Å². The molecule has 1 fully saturated rings. The molecule has 1 aliphatic rings. The van der Waals surface area contributed by atoms with Crippen molar-refractivity contribution in [2.75, 3.05) is 38.2 Å². The van der Waals surface area contributed by atoms with E-state index in [-0.39, 0.29) is 29.8 Å². The van der Waals surface area contributed by atoms with Gasteiger partial charge in [0.1, 0.15) is 18.2 Å². The summed E-state index contributed by atoms with van der Waals surface area (Å²) in [7, 11) is 1.76. The highest BCUT2D eigenvalue weighted by molar-refractivity contribution is 14.0. The summed E-state index contributed by atoms with van der Waals surface area (Å²) in [5.41, 5.74) is 1.25. The molecule has 1 saturated heterocycles. The van der Waals surface area contributed by atoms with Crippen LogP contribution in [0.2, 0.25) is 0 Å². The fourth-order valence-corrected chi connectivity index (χ4v) is 3.03. The molecule has 1 unspecified atom stereocenters. The Balaban J connectivity index is 0.00000261. The van der Waals surface area contributed by atoms with Crippen LogP contribution in [0.3, 0.4) is 0 Å². The Morgan fingerprint density at radius 2 is 2.04 bits per heavy atom. The average Bonchev–Trinajstić information content (AvgIpc) is 3.13. The molecule has 0 radical (unpaired) electrons. The molecule has 0 aliphatic carbocycles.